The summed E-state index contributed by atoms with van der Waals surface area (Å²) in [5.74, 6) is 0. The molecule has 0 bridgehead atoms. The zero-order valence-corrected chi connectivity index (χ0v) is 13.5. The highest BCUT2D eigenvalue weighted by atomic mass is 35.5. The highest BCUT2D eigenvalue weighted by Gasteiger charge is 2.16. The summed E-state index contributed by atoms with van der Waals surface area (Å²) in [6, 6.07) is 12.9. The van der Waals surface area contributed by atoms with Gasteiger partial charge >= 0.3 is 0 Å². The van der Waals surface area contributed by atoms with Crippen molar-refractivity contribution in [2.45, 2.75) is 4.90 Å². The van der Waals surface area contributed by atoms with E-state index in [0.717, 1.165) is 0 Å². The number of sulfonamides is 1. The molecular weight excluding hydrogens is 343 g/mol. The van der Waals surface area contributed by atoms with Crippen molar-refractivity contribution in [1.29, 1.82) is 0 Å². The van der Waals surface area contributed by atoms with E-state index in [-0.39, 0.29) is 9.92 Å². The van der Waals surface area contributed by atoms with E-state index in [1.807, 2.05) is 6.07 Å². The Morgan fingerprint density at radius 1 is 0.955 bits per heavy atom. The van der Waals surface area contributed by atoms with Gasteiger partial charge in [-0.2, -0.15) is 0 Å². The lowest BCUT2D eigenvalue weighted by atomic mass is 10.2. The van der Waals surface area contributed by atoms with Gasteiger partial charge in [-0.05, 0) is 42.5 Å². The van der Waals surface area contributed by atoms with Gasteiger partial charge < -0.3 is 0 Å². The minimum atomic E-state index is -3.76. The first kappa shape index (κ1) is 15.1. The van der Waals surface area contributed by atoms with Gasteiger partial charge in [0.1, 0.15) is 0 Å². The van der Waals surface area contributed by atoms with E-state index in [0.29, 0.717) is 21.6 Å². The predicted octanol–water partition coefficient (Wildman–Crippen LogP) is 4.34. The molecule has 22 heavy (non-hydrogen) atoms. The van der Waals surface area contributed by atoms with Gasteiger partial charge in [-0.15, -0.1) is 0 Å². The average Bonchev–Trinajstić information content (AvgIpc) is 2.50. The van der Waals surface area contributed by atoms with Gasteiger partial charge in [0.25, 0.3) is 10.0 Å². The number of hydrogen-bond donors (Lipinski definition) is 1. The summed E-state index contributed by atoms with van der Waals surface area (Å²) in [6.45, 7) is 0. The van der Waals surface area contributed by atoms with Gasteiger partial charge in [0.05, 0.1) is 26.1 Å². The number of benzene rings is 2. The third-order valence-corrected chi connectivity index (χ3v) is 5.19. The number of pyridine rings is 1. The number of hydrogen-bond acceptors (Lipinski definition) is 3. The Labute approximate surface area is 137 Å². The van der Waals surface area contributed by atoms with Crippen LogP contribution >= 0.6 is 23.2 Å². The molecule has 0 aliphatic rings. The molecule has 0 fully saturated rings. The van der Waals surface area contributed by atoms with E-state index in [4.69, 9.17) is 23.2 Å². The molecule has 7 heteroatoms. The van der Waals surface area contributed by atoms with Crippen LogP contribution in [0.5, 0.6) is 0 Å². The second-order valence-electron chi connectivity index (χ2n) is 4.56. The van der Waals surface area contributed by atoms with Gasteiger partial charge in [-0.25, -0.2) is 8.42 Å². The topological polar surface area (TPSA) is 59.1 Å². The molecule has 0 atom stereocenters. The van der Waals surface area contributed by atoms with Crippen LogP contribution in [-0.4, -0.2) is 13.4 Å². The molecular formula is C15H10Cl2N2O2S. The molecule has 4 nitrogen and oxygen atoms in total. The third-order valence-electron chi connectivity index (χ3n) is 3.09. The number of nitrogens with one attached hydrogen (secondary N) is 1. The first-order chi connectivity index (χ1) is 10.5. The smallest absolute Gasteiger partial charge is 0.261 e. The number of rotatable bonds is 3. The summed E-state index contributed by atoms with van der Waals surface area (Å²) >= 11 is 11.7. The van der Waals surface area contributed by atoms with Crippen molar-refractivity contribution in [3.05, 3.63) is 64.8 Å². The SMILES string of the molecule is O=S(=O)(Nc1cccc2ncccc12)c1ccc(Cl)c(Cl)c1. The molecule has 3 aromatic rings. The zero-order chi connectivity index (χ0) is 15.7. The summed E-state index contributed by atoms with van der Waals surface area (Å²) in [7, 11) is -3.76. The summed E-state index contributed by atoms with van der Waals surface area (Å²) in [6.07, 6.45) is 1.65. The van der Waals surface area contributed by atoms with Crippen LogP contribution in [0, 0.1) is 0 Å². The Morgan fingerprint density at radius 3 is 2.55 bits per heavy atom. The number of fused-ring (bicyclic) bond motifs is 1. The van der Waals surface area contributed by atoms with Crippen LogP contribution in [0.25, 0.3) is 10.9 Å². The third kappa shape index (κ3) is 2.88. The highest BCUT2D eigenvalue weighted by molar-refractivity contribution is 7.92. The van der Waals surface area contributed by atoms with Crippen LogP contribution < -0.4 is 4.72 Å². The first-order valence-electron chi connectivity index (χ1n) is 6.29. The van der Waals surface area contributed by atoms with E-state index >= 15 is 0 Å². The van der Waals surface area contributed by atoms with E-state index < -0.39 is 10.0 Å². The molecule has 2 aromatic carbocycles. The Balaban J connectivity index is 2.05. The lowest BCUT2D eigenvalue weighted by Crippen LogP contribution is -2.13. The van der Waals surface area contributed by atoms with Crippen LogP contribution in [0.2, 0.25) is 10.0 Å². The molecule has 112 valence electrons. The predicted molar refractivity (Wildman–Crippen MR) is 89.0 cm³/mol. The van der Waals surface area contributed by atoms with Gasteiger partial charge in [0.15, 0.2) is 0 Å². The molecule has 3 rings (SSSR count). The molecule has 0 saturated carbocycles. The lowest BCUT2D eigenvalue weighted by Gasteiger charge is -2.11. The second-order valence-corrected chi connectivity index (χ2v) is 7.05. The minimum absolute atomic E-state index is 0.0443. The van der Waals surface area contributed by atoms with E-state index in [1.165, 1.54) is 18.2 Å². The number of anilines is 1. The fraction of sp³-hybridized carbons (Fsp3) is 0. The maximum atomic E-state index is 12.5. The van der Waals surface area contributed by atoms with Crippen molar-refractivity contribution in [3.8, 4) is 0 Å². The van der Waals surface area contributed by atoms with Gasteiger partial charge in [0, 0.05) is 11.6 Å². The molecule has 0 radical (unpaired) electrons. The summed E-state index contributed by atoms with van der Waals surface area (Å²) in [5.41, 5.74) is 1.16. The maximum Gasteiger partial charge on any atom is 0.261 e. The van der Waals surface area contributed by atoms with Gasteiger partial charge in [0.2, 0.25) is 0 Å². The monoisotopic (exact) mass is 352 g/mol. The van der Waals surface area contributed by atoms with Crippen molar-refractivity contribution >= 4 is 49.8 Å². The van der Waals surface area contributed by atoms with Crippen LogP contribution in [0.3, 0.4) is 0 Å². The molecule has 1 N–H and O–H groups in total. The summed E-state index contributed by atoms with van der Waals surface area (Å²) in [4.78, 5) is 4.24. The maximum absolute atomic E-state index is 12.5. The first-order valence-corrected chi connectivity index (χ1v) is 8.53. The molecule has 0 spiro atoms. The van der Waals surface area contributed by atoms with E-state index in [2.05, 4.69) is 9.71 Å². The Kier molecular flexibility index (Phi) is 3.95. The normalized spacial score (nSPS) is 11.5. The van der Waals surface area contributed by atoms with E-state index in [9.17, 15) is 8.42 Å². The van der Waals surface area contributed by atoms with Crippen LogP contribution in [0.1, 0.15) is 0 Å². The molecule has 1 aromatic heterocycles. The fourth-order valence-corrected chi connectivity index (χ4v) is 3.51. The Morgan fingerprint density at radius 2 is 1.77 bits per heavy atom. The van der Waals surface area contributed by atoms with Crippen molar-refractivity contribution < 1.29 is 8.42 Å². The molecule has 0 aliphatic carbocycles. The fourth-order valence-electron chi connectivity index (χ4n) is 2.04. The van der Waals surface area contributed by atoms with Gasteiger partial charge in [-0.1, -0.05) is 29.3 Å². The standard InChI is InChI=1S/C15H10Cl2N2O2S/c16-12-7-6-10(9-13(12)17)22(20,21)19-15-5-1-4-14-11(15)3-2-8-18-14/h1-9,19H. The molecule has 0 unspecified atom stereocenters. The summed E-state index contributed by atoms with van der Waals surface area (Å²) < 4.78 is 27.5. The van der Waals surface area contributed by atoms with Crippen LogP contribution in [0.15, 0.2) is 59.6 Å². The number of aromatic nitrogens is 1. The van der Waals surface area contributed by atoms with Crippen molar-refractivity contribution in [2.24, 2.45) is 0 Å². The van der Waals surface area contributed by atoms with Crippen molar-refractivity contribution in [3.63, 3.8) is 0 Å². The number of halogens is 2. The van der Waals surface area contributed by atoms with E-state index in [1.54, 1.807) is 30.5 Å². The van der Waals surface area contributed by atoms with Crippen LogP contribution in [0.4, 0.5) is 5.69 Å². The molecule has 0 amide bonds. The molecule has 1 heterocycles. The zero-order valence-electron chi connectivity index (χ0n) is 11.1. The lowest BCUT2D eigenvalue weighted by molar-refractivity contribution is 0.601. The quantitative estimate of drug-likeness (QED) is 0.762. The van der Waals surface area contributed by atoms with Crippen LogP contribution in [-0.2, 0) is 10.0 Å². The van der Waals surface area contributed by atoms with Crippen molar-refractivity contribution in [1.82, 2.24) is 4.98 Å². The average molecular weight is 353 g/mol. The van der Waals surface area contributed by atoms with Crippen molar-refractivity contribution in [2.75, 3.05) is 4.72 Å². The Hall–Kier alpha value is -1.82. The Bertz CT molecular complexity index is 953. The minimum Gasteiger partial charge on any atom is -0.279 e. The molecule has 0 saturated heterocycles. The number of nitrogens with zero attached hydrogens (tertiary/aromatic N) is 1. The largest absolute Gasteiger partial charge is 0.279 e. The highest BCUT2D eigenvalue weighted by Crippen LogP contribution is 2.28. The molecule has 0 aliphatic heterocycles. The summed E-state index contributed by atoms with van der Waals surface area (Å²) in [5, 5.41) is 1.20. The van der Waals surface area contributed by atoms with Gasteiger partial charge in [-0.3, -0.25) is 9.71 Å². The second kappa shape index (κ2) is 5.76.